The molecule has 0 bridgehead atoms. The molecule has 8 heteroatoms. The fourth-order valence-electron chi connectivity index (χ4n) is 2.46. The van der Waals surface area contributed by atoms with Gasteiger partial charge in [0.05, 0.1) is 10.4 Å². The molecule has 0 spiro atoms. The fourth-order valence-corrected chi connectivity index (χ4v) is 4.05. The van der Waals surface area contributed by atoms with Gasteiger partial charge >= 0.3 is 5.76 Å². The first-order valence-corrected chi connectivity index (χ1v) is 8.08. The van der Waals surface area contributed by atoms with Crippen molar-refractivity contribution in [3.05, 3.63) is 28.7 Å². The van der Waals surface area contributed by atoms with Gasteiger partial charge in [-0.3, -0.25) is 4.57 Å². The number of rotatable bonds is 2. The molecule has 2 aromatic rings. The van der Waals surface area contributed by atoms with Crippen LogP contribution in [0.5, 0.6) is 0 Å². The van der Waals surface area contributed by atoms with Crippen molar-refractivity contribution in [3.8, 4) is 0 Å². The highest BCUT2D eigenvalue weighted by Crippen LogP contribution is 2.24. The van der Waals surface area contributed by atoms with Crippen LogP contribution in [-0.2, 0) is 21.8 Å². The van der Waals surface area contributed by atoms with Gasteiger partial charge in [-0.05, 0) is 25.5 Å². The lowest BCUT2D eigenvalue weighted by Gasteiger charge is -2.32. The Kier molecular flexibility index (Phi) is 3.39. The normalized spacial score (nSPS) is 21.0. The second kappa shape index (κ2) is 4.97. The smallest absolute Gasteiger partial charge is 0.408 e. The van der Waals surface area contributed by atoms with Gasteiger partial charge in [0.1, 0.15) is 6.23 Å². The van der Waals surface area contributed by atoms with Gasteiger partial charge in [-0.2, -0.15) is 4.31 Å². The molecule has 114 valence electrons. The molecule has 0 aliphatic carbocycles. The minimum absolute atomic E-state index is 0.0988. The van der Waals surface area contributed by atoms with Crippen molar-refractivity contribution in [1.82, 2.24) is 8.87 Å². The molecule has 0 radical (unpaired) electrons. The summed E-state index contributed by atoms with van der Waals surface area (Å²) in [4.78, 5) is 11.6. The Morgan fingerprint density at radius 3 is 2.81 bits per heavy atom. The predicted octanol–water partition coefficient (Wildman–Crippen LogP) is 0.889. The molecule has 1 unspecified atom stereocenters. The van der Waals surface area contributed by atoms with Crippen molar-refractivity contribution in [3.63, 3.8) is 0 Å². The Morgan fingerprint density at radius 1 is 1.33 bits per heavy atom. The van der Waals surface area contributed by atoms with E-state index in [1.165, 1.54) is 21.0 Å². The SMILES string of the molecule is CC1OCCCN1S(=O)(=O)c1ccc2c(c1)oc(=O)n2C. The first-order chi connectivity index (χ1) is 9.91. The third-order valence-corrected chi connectivity index (χ3v) is 5.60. The third-order valence-electron chi connectivity index (χ3n) is 3.66. The maximum absolute atomic E-state index is 12.7. The van der Waals surface area contributed by atoms with Crippen molar-refractivity contribution in [2.45, 2.75) is 24.5 Å². The Labute approximate surface area is 121 Å². The molecule has 0 N–H and O–H groups in total. The maximum atomic E-state index is 12.7. The summed E-state index contributed by atoms with van der Waals surface area (Å²) >= 11 is 0. The van der Waals surface area contributed by atoms with Gasteiger partial charge in [0.25, 0.3) is 0 Å². The van der Waals surface area contributed by atoms with Crippen LogP contribution in [0.1, 0.15) is 13.3 Å². The first-order valence-electron chi connectivity index (χ1n) is 6.64. The number of oxazole rings is 1. The van der Waals surface area contributed by atoms with Crippen molar-refractivity contribution in [2.24, 2.45) is 7.05 Å². The number of sulfonamides is 1. The Balaban J connectivity index is 2.08. The van der Waals surface area contributed by atoms with Crippen molar-refractivity contribution in [1.29, 1.82) is 0 Å². The maximum Gasteiger partial charge on any atom is 0.419 e. The summed E-state index contributed by atoms with van der Waals surface area (Å²) in [5.74, 6) is -0.519. The van der Waals surface area contributed by atoms with Crippen LogP contribution < -0.4 is 5.76 Å². The monoisotopic (exact) mass is 312 g/mol. The van der Waals surface area contributed by atoms with E-state index in [4.69, 9.17) is 9.15 Å². The molecule has 0 saturated carbocycles. The highest BCUT2D eigenvalue weighted by atomic mass is 32.2. The summed E-state index contributed by atoms with van der Waals surface area (Å²) in [6, 6.07) is 4.43. The average Bonchev–Trinajstić information content (AvgIpc) is 2.74. The lowest BCUT2D eigenvalue weighted by atomic mass is 10.3. The van der Waals surface area contributed by atoms with Crippen LogP contribution in [0, 0.1) is 0 Å². The number of aryl methyl sites for hydroxylation is 1. The average molecular weight is 312 g/mol. The van der Waals surface area contributed by atoms with E-state index in [0.29, 0.717) is 25.1 Å². The van der Waals surface area contributed by atoms with Crippen LogP contribution in [0.15, 0.2) is 32.3 Å². The zero-order chi connectivity index (χ0) is 15.2. The van der Waals surface area contributed by atoms with Gasteiger partial charge in [-0.25, -0.2) is 13.2 Å². The summed E-state index contributed by atoms with van der Waals surface area (Å²) in [7, 11) is -2.10. The Morgan fingerprint density at radius 2 is 2.10 bits per heavy atom. The Hall–Kier alpha value is -1.64. The number of nitrogens with zero attached hydrogens (tertiary/aromatic N) is 2. The molecule has 1 fully saturated rings. The Bertz CT molecular complexity index is 836. The zero-order valence-electron chi connectivity index (χ0n) is 11.8. The molecule has 1 saturated heterocycles. The predicted molar refractivity (Wildman–Crippen MR) is 75.4 cm³/mol. The van der Waals surface area contributed by atoms with E-state index in [2.05, 4.69) is 0 Å². The van der Waals surface area contributed by atoms with E-state index in [9.17, 15) is 13.2 Å². The molecular formula is C13H16N2O5S. The lowest BCUT2D eigenvalue weighted by molar-refractivity contribution is -0.0410. The molecule has 3 rings (SSSR count). The van der Waals surface area contributed by atoms with E-state index >= 15 is 0 Å². The molecule has 21 heavy (non-hydrogen) atoms. The second-order valence-corrected chi connectivity index (χ2v) is 6.89. The molecule has 2 heterocycles. The number of benzene rings is 1. The van der Waals surface area contributed by atoms with Crippen LogP contribution in [0.4, 0.5) is 0 Å². The molecule has 7 nitrogen and oxygen atoms in total. The summed E-state index contributed by atoms with van der Waals surface area (Å²) in [5.41, 5.74) is 0.816. The summed E-state index contributed by atoms with van der Waals surface area (Å²) in [6.45, 7) is 2.68. The number of fused-ring (bicyclic) bond motifs is 1. The summed E-state index contributed by atoms with van der Waals surface area (Å²) < 4.78 is 38.4. The molecule has 1 aromatic carbocycles. The van der Waals surface area contributed by atoms with Gasteiger partial charge in [-0.15, -0.1) is 0 Å². The van der Waals surface area contributed by atoms with Crippen molar-refractivity contribution >= 4 is 21.1 Å². The molecule has 0 amide bonds. The lowest BCUT2D eigenvalue weighted by Crippen LogP contribution is -2.44. The fraction of sp³-hybridized carbons (Fsp3) is 0.462. The summed E-state index contributed by atoms with van der Waals surface area (Å²) in [6.07, 6.45) is 0.161. The van der Waals surface area contributed by atoms with E-state index in [-0.39, 0.29) is 10.5 Å². The third kappa shape index (κ3) is 2.29. The van der Waals surface area contributed by atoms with Gasteiger partial charge in [0, 0.05) is 26.3 Å². The van der Waals surface area contributed by atoms with E-state index < -0.39 is 22.0 Å². The van der Waals surface area contributed by atoms with Gasteiger partial charge < -0.3 is 9.15 Å². The highest BCUT2D eigenvalue weighted by Gasteiger charge is 2.32. The van der Waals surface area contributed by atoms with Gasteiger partial charge in [0.15, 0.2) is 5.58 Å². The first kappa shape index (κ1) is 14.3. The molecule has 1 aromatic heterocycles. The largest absolute Gasteiger partial charge is 0.419 e. The van der Waals surface area contributed by atoms with Crippen molar-refractivity contribution in [2.75, 3.05) is 13.2 Å². The molecule has 1 aliphatic heterocycles. The van der Waals surface area contributed by atoms with Crippen LogP contribution in [0.2, 0.25) is 0 Å². The highest BCUT2D eigenvalue weighted by molar-refractivity contribution is 7.89. The topological polar surface area (TPSA) is 81.8 Å². The minimum Gasteiger partial charge on any atom is -0.408 e. The van der Waals surface area contributed by atoms with Crippen molar-refractivity contribution < 1.29 is 17.6 Å². The summed E-state index contributed by atoms with van der Waals surface area (Å²) in [5, 5.41) is 0. The number of hydrogen-bond donors (Lipinski definition) is 0. The molecular weight excluding hydrogens is 296 g/mol. The quantitative estimate of drug-likeness (QED) is 0.822. The molecule has 1 aliphatic rings. The van der Waals surface area contributed by atoms with E-state index in [0.717, 1.165) is 0 Å². The zero-order valence-corrected chi connectivity index (χ0v) is 12.6. The van der Waals surface area contributed by atoms with E-state index in [1.807, 2.05) is 0 Å². The second-order valence-electron chi connectivity index (χ2n) is 5.00. The van der Waals surface area contributed by atoms with Crippen LogP contribution in [0.25, 0.3) is 11.1 Å². The minimum atomic E-state index is -3.67. The number of aromatic nitrogens is 1. The van der Waals surface area contributed by atoms with Gasteiger partial charge in [-0.1, -0.05) is 0 Å². The molecule has 1 atom stereocenters. The van der Waals surface area contributed by atoms with Crippen LogP contribution in [0.3, 0.4) is 0 Å². The van der Waals surface area contributed by atoms with E-state index in [1.54, 1.807) is 20.0 Å². The van der Waals surface area contributed by atoms with Gasteiger partial charge in [0.2, 0.25) is 10.0 Å². The number of hydrogen-bond acceptors (Lipinski definition) is 5. The number of ether oxygens (including phenoxy) is 1. The van der Waals surface area contributed by atoms with Crippen LogP contribution in [-0.4, -0.2) is 36.7 Å². The standard InChI is InChI=1S/C13H16N2O5S/c1-9-15(6-3-7-19-9)21(17,18)10-4-5-11-12(8-10)20-13(16)14(11)2/h4-5,8-9H,3,6-7H2,1-2H3. The van der Waals surface area contributed by atoms with Crippen LogP contribution >= 0.6 is 0 Å².